The Morgan fingerprint density at radius 1 is 1.32 bits per heavy atom. The molecule has 2 aromatic heterocycles. The van der Waals surface area contributed by atoms with Gasteiger partial charge in [0.25, 0.3) is 0 Å². The van der Waals surface area contributed by atoms with Crippen LogP contribution < -0.4 is 5.76 Å². The van der Waals surface area contributed by atoms with Crippen molar-refractivity contribution in [1.82, 2.24) is 15.2 Å². The number of hydrogen-bond acceptors (Lipinski definition) is 5. The summed E-state index contributed by atoms with van der Waals surface area (Å²) in [5, 5.41) is 7.58. The van der Waals surface area contributed by atoms with Gasteiger partial charge in [0.2, 0.25) is 0 Å². The number of Topliss-reactive ketones (excluding diaryl/α,β-unsaturated/α-hetero) is 1. The van der Waals surface area contributed by atoms with Gasteiger partial charge in [-0.15, -0.1) is 0 Å². The molecular weight excluding hydrogens is 246 g/mol. The van der Waals surface area contributed by atoms with Crippen LogP contribution in [0.3, 0.4) is 0 Å². The van der Waals surface area contributed by atoms with Crippen molar-refractivity contribution in [1.29, 1.82) is 0 Å². The molecule has 0 fully saturated rings. The van der Waals surface area contributed by atoms with Crippen LogP contribution in [0.4, 0.5) is 0 Å². The summed E-state index contributed by atoms with van der Waals surface area (Å²) < 4.78 is 4.88. The van der Waals surface area contributed by atoms with Gasteiger partial charge in [0.05, 0.1) is 17.6 Å². The van der Waals surface area contributed by atoms with Crippen LogP contribution in [0.25, 0.3) is 11.1 Å². The highest BCUT2D eigenvalue weighted by molar-refractivity contribution is 5.99. The van der Waals surface area contributed by atoms with Crippen LogP contribution in [-0.2, 0) is 6.42 Å². The van der Waals surface area contributed by atoms with Crippen LogP contribution in [0.1, 0.15) is 16.1 Å². The molecule has 1 aromatic carbocycles. The Morgan fingerprint density at radius 2 is 2.21 bits per heavy atom. The topological polar surface area (TPSA) is 88.8 Å². The number of benzene rings is 1. The fraction of sp³-hybridized carbons (Fsp3) is 0.0769. The highest BCUT2D eigenvalue weighted by atomic mass is 16.4. The van der Waals surface area contributed by atoms with Crippen molar-refractivity contribution in [3.8, 4) is 0 Å². The molecule has 6 nitrogen and oxygen atoms in total. The second kappa shape index (κ2) is 4.49. The normalized spacial score (nSPS) is 10.7. The third kappa shape index (κ3) is 2.28. The number of aromatic nitrogens is 3. The second-order valence-electron chi connectivity index (χ2n) is 4.04. The van der Waals surface area contributed by atoms with E-state index in [1.807, 2.05) is 0 Å². The largest absolute Gasteiger partial charge is 0.417 e. The molecule has 0 radical (unpaired) electrons. The average molecular weight is 255 g/mol. The summed E-state index contributed by atoms with van der Waals surface area (Å²) in [7, 11) is 0. The highest BCUT2D eigenvalue weighted by Gasteiger charge is 2.10. The van der Waals surface area contributed by atoms with Crippen molar-refractivity contribution in [2.24, 2.45) is 0 Å². The summed E-state index contributed by atoms with van der Waals surface area (Å²) in [4.78, 5) is 25.6. The van der Waals surface area contributed by atoms with E-state index in [0.29, 0.717) is 22.4 Å². The van der Waals surface area contributed by atoms with E-state index in [9.17, 15) is 9.59 Å². The smallest absolute Gasteiger partial charge is 0.408 e. The minimum absolute atomic E-state index is 0.0931. The Bertz CT molecular complexity index is 790. The number of ketones is 1. The van der Waals surface area contributed by atoms with E-state index in [0.717, 1.165) is 0 Å². The van der Waals surface area contributed by atoms with Crippen molar-refractivity contribution in [2.45, 2.75) is 6.42 Å². The van der Waals surface area contributed by atoms with Gasteiger partial charge in [-0.05, 0) is 30.3 Å². The third-order valence-electron chi connectivity index (χ3n) is 2.71. The molecule has 94 valence electrons. The minimum Gasteiger partial charge on any atom is -0.408 e. The number of oxazole rings is 1. The number of fused-ring (bicyclic) bond motifs is 1. The lowest BCUT2D eigenvalue weighted by atomic mass is 10.1. The highest BCUT2D eigenvalue weighted by Crippen LogP contribution is 2.13. The van der Waals surface area contributed by atoms with Crippen LogP contribution in [0.15, 0.2) is 45.7 Å². The van der Waals surface area contributed by atoms with Gasteiger partial charge in [0.1, 0.15) is 0 Å². The Kier molecular flexibility index (Phi) is 2.68. The molecule has 3 aromatic rings. The van der Waals surface area contributed by atoms with Gasteiger partial charge in [-0.1, -0.05) is 0 Å². The number of hydrogen-bond donors (Lipinski definition) is 1. The van der Waals surface area contributed by atoms with E-state index >= 15 is 0 Å². The first-order valence-electron chi connectivity index (χ1n) is 5.65. The number of carbonyl (C=O) groups excluding carboxylic acids is 1. The van der Waals surface area contributed by atoms with Crippen LogP contribution in [0.5, 0.6) is 0 Å². The zero-order valence-electron chi connectivity index (χ0n) is 9.79. The third-order valence-corrected chi connectivity index (χ3v) is 2.71. The molecule has 1 N–H and O–H groups in total. The van der Waals surface area contributed by atoms with Crippen LogP contribution in [-0.4, -0.2) is 21.0 Å². The van der Waals surface area contributed by atoms with Crippen molar-refractivity contribution in [3.05, 3.63) is 58.3 Å². The van der Waals surface area contributed by atoms with Crippen molar-refractivity contribution in [2.75, 3.05) is 0 Å². The lowest BCUT2D eigenvalue weighted by Crippen LogP contribution is -2.05. The molecule has 0 saturated heterocycles. The maximum Gasteiger partial charge on any atom is 0.417 e. The second-order valence-corrected chi connectivity index (χ2v) is 4.04. The first-order valence-corrected chi connectivity index (χ1v) is 5.65. The van der Waals surface area contributed by atoms with E-state index < -0.39 is 5.76 Å². The summed E-state index contributed by atoms with van der Waals surface area (Å²) in [6.07, 6.45) is 1.72. The Morgan fingerprint density at radius 3 is 3.00 bits per heavy atom. The van der Waals surface area contributed by atoms with Crippen molar-refractivity contribution >= 4 is 16.9 Å². The quantitative estimate of drug-likeness (QED) is 0.713. The lowest BCUT2D eigenvalue weighted by Gasteiger charge is -1.99. The zero-order valence-corrected chi connectivity index (χ0v) is 9.79. The van der Waals surface area contributed by atoms with Gasteiger partial charge < -0.3 is 4.42 Å². The standard InChI is InChI=1S/C13H9N3O3/c17-11(7-9-2-1-5-14-16-9)8-3-4-12-10(6-8)15-13(18)19-12/h1-6H,7H2,(H,15,18). The first-order chi connectivity index (χ1) is 9.22. The summed E-state index contributed by atoms with van der Waals surface area (Å²) in [5.74, 6) is -0.627. The number of nitrogens with zero attached hydrogens (tertiary/aromatic N) is 2. The van der Waals surface area contributed by atoms with Crippen LogP contribution in [0.2, 0.25) is 0 Å². The van der Waals surface area contributed by atoms with Gasteiger partial charge in [0, 0.05) is 11.8 Å². The molecule has 0 saturated carbocycles. The van der Waals surface area contributed by atoms with Gasteiger partial charge in [-0.2, -0.15) is 10.2 Å². The van der Waals surface area contributed by atoms with Crippen molar-refractivity contribution in [3.63, 3.8) is 0 Å². The number of aromatic amines is 1. The number of H-pyrrole nitrogens is 1. The molecule has 0 atom stereocenters. The zero-order chi connectivity index (χ0) is 13.2. The molecule has 2 heterocycles. The summed E-state index contributed by atoms with van der Waals surface area (Å²) in [6.45, 7) is 0. The monoisotopic (exact) mass is 255 g/mol. The Labute approximate surface area is 107 Å². The Hall–Kier alpha value is -2.76. The van der Waals surface area contributed by atoms with E-state index in [1.54, 1.807) is 36.5 Å². The van der Waals surface area contributed by atoms with Gasteiger partial charge in [-0.3, -0.25) is 9.78 Å². The molecule has 6 heteroatoms. The van der Waals surface area contributed by atoms with Crippen LogP contribution >= 0.6 is 0 Å². The van der Waals surface area contributed by atoms with E-state index in [4.69, 9.17) is 4.42 Å². The number of nitrogens with one attached hydrogen (secondary N) is 1. The SMILES string of the molecule is O=C(Cc1cccnn1)c1ccc2oc(=O)[nH]c2c1. The molecule has 0 spiro atoms. The molecule has 19 heavy (non-hydrogen) atoms. The maximum atomic E-state index is 12.1. The van der Waals surface area contributed by atoms with E-state index in [1.165, 1.54) is 0 Å². The average Bonchev–Trinajstić information content (AvgIpc) is 2.78. The summed E-state index contributed by atoms with van der Waals surface area (Å²) in [5.41, 5.74) is 2.04. The Balaban J connectivity index is 1.91. The molecular formula is C13H9N3O3. The van der Waals surface area contributed by atoms with Crippen molar-refractivity contribution < 1.29 is 9.21 Å². The fourth-order valence-corrected chi connectivity index (χ4v) is 1.82. The van der Waals surface area contributed by atoms with E-state index in [2.05, 4.69) is 15.2 Å². The summed E-state index contributed by atoms with van der Waals surface area (Å²) >= 11 is 0. The van der Waals surface area contributed by atoms with Gasteiger partial charge in [0.15, 0.2) is 11.4 Å². The first kappa shape index (κ1) is 11.3. The molecule has 0 aliphatic carbocycles. The number of carbonyl (C=O) groups is 1. The van der Waals surface area contributed by atoms with Crippen LogP contribution in [0, 0.1) is 0 Å². The predicted octanol–water partition coefficient (Wildman–Crippen LogP) is 1.34. The molecule has 0 aliphatic heterocycles. The molecule has 0 bridgehead atoms. The maximum absolute atomic E-state index is 12.1. The van der Waals surface area contributed by atoms with Gasteiger partial charge in [-0.25, -0.2) is 4.79 Å². The molecule has 0 amide bonds. The van der Waals surface area contributed by atoms with E-state index in [-0.39, 0.29) is 12.2 Å². The predicted molar refractivity (Wildman–Crippen MR) is 66.9 cm³/mol. The fourth-order valence-electron chi connectivity index (χ4n) is 1.82. The van der Waals surface area contributed by atoms with Gasteiger partial charge >= 0.3 is 5.76 Å². The molecule has 3 rings (SSSR count). The molecule has 0 unspecified atom stereocenters. The summed E-state index contributed by atoms with van der Waals surface area (Å²) in [6, 6.07) is 8.28. The number of rotatable bonds is 3. The molecule has 0 aliphatic rings. The minimum atomic E-state index is -0.534. The lowest BCUT2D eigenvalue weighted by molar-refractivity contribution is 0.0992.